The van der Waals surface area contributed by atoms with Crippen LogP contribution in [-0.2, 0) is 0 Å². The highest BCUT2D eigenvalue weighted by molar-refractivity contribution is 5.74. The monoisotopic (exact) mass is 348 g/mol. The van der Waals surface area contributed by atoms with Gasteiger partial charge in [-0.3, -0.25) is 0 Å². The van der Waals surface area contributed by atoms with Crippen LogP contribution in [0.15, 0.2) is 48.7 Å². The average Bonchev–Trinajstić information content (AvgIpc) is 3.35. The van der Waals surface area contributed by atoms with Gasteiger partial charge in [-0.2, -0.15) is 10.5 Å². The molecule has 0 atom stereocenters. The number of benzene rings is 2. The number of nitriles is 1. The number of ether oxygens (including phenoxy) is 3. The molecule has 0 bridgehead atoms. The van der Waals surface area contributed by atoms with E-state index in [1.54, 1.807) is 24.3 Å². The molecule has 0 radical (unpaired) electrons. The molecule has 2 N–H and O–H groups in total. The second-order valence-electron chi connectivity index (χ2n) is 5.19. The van der Waals surface area contributed by atoms with Gasteiger partial charge in [0.2, 0.25) is 12.6 Å². The first-order valence-corrected chi connectivity index (χ1v) is 7.60. The van der Waals surface area contributed by atoms with Crippen LogP contribution in [0.1, 0.15) is 5.82 Å². The minimum Gasteiger partial charge on any atom is -0.457 e. The van der Waals surface area contributed by atoms with E-state index in [2.05, 4.69) is 25.9 Å². The number of tetrazole rings is 1. The highest BCUT2D eigenvalue weighted by Crippen LogP contribution is 2.36. The smallest absolute Gasteiger partial charge is 0.231 e. The highest BCUT2D eigenvalue weighted by Gasteiger charge is 2.14. The van der Waals surface area contributed by atoms with Crippen molar-refractivity contribution in [1.29, 1.82) is 5.26 Å². The first-order valence-electron chi connectivity index (χ1n) is 7.60. The molecule has 3 aromatic rings. The molecule has 0 aliphatic carbocycles. The van der Waals surface area contributed by atoms with E-state index in [4.69, 9.17) is 19.5 Å². The van der Waals surface area contributed by atoms with E-state index >= 15 is 0 Å². The van der Waals surface area contributed by atoms with Crippen LogP contribution in [0.3, 0.4) is 0 Å². The van der Waals surface area contributed by atoms with Crippen molar-refractivity contribution < 1.29 is 14.2 Å². The number of hydrogen-bond donors (Lipinski definition) is 2. The van der Waals surface area contributed by atoms with Gasteiger partial charge in [-0.25, -0.2) is 0 Å². The lowest BCUT2D eigenvalue weighted by Crippen LogP contribution is -1.93. The molecule has 26 heavy (non-hydrogen) atoms. The van der Waals surface area contributed by atoms with Gasteiger partial charge in [-0.1, -0.05) is 0 Å². The van der Waals surface area contributed by atoms with E-state index < -0.39 is 0 Å². The van der Waals surface area contributed by atoms with Gasteiger partial charge in [0, 0.05) is 18.0 Å². The number of allylic oxidation sites excluding steroid dienone is 1. The first kappa shape index (κ1) is 15.5. The Bertz CT molecular complexity index is 977. The molecule has 0 saturated carbocycles. The molecule has 0 spiro atoms. The van der Waals surface area contributed by atoms with Crippen molar-refractivity contribution in [2.75, 3.05) is 12.1 Å². The van der Waals surface area contributed by atoms with Crippen LogP contribution in [0.5, 0.6) is 23.0 Å². The molecule has 2 heterocycles. The lowest BCUT2D eigenvalue weighted by Gasteiger charge is -2.07. The third-order valence-electron chi connectivity index (χ3n) is 3.52. The Morgan fingerprint density at radius 3 is 2.73 bits per heavy atom. The number of anilines is 1. The minimum atomic E-state index is 0.223. The maximum atomic E-state index is 9.13. The Balaban J connectivity index is 1.43. The SMILES string of the molecule is N#CC(=CNc1ccc(Oc2ccc3c(c2)OCO3)cc1)c1nn[nH]n1. The normalized spacial score (nSPS) is 12.5. The van der Waals surface area contributed by atoms with E-state index in [0.29, 0.717) is 23.0 Å². The van der Waals surface area contributed by atoms with Crippen LogP contribution in [0, 0.1) is 11.3 Å². The molecule has 2 aromatic carbocycles. The largest absolute Gasteiger partial charge is 0.457 e. The van der Waals surface area contributed by atoms with E-state index in [-0.39, 0.29) is 18.2 Å². The van der Waals surface area contributed by atoms with Crippen LogP contribution in [0.25, 0.3) is 5.57 Å². The number of nitrogens with one attached hydrogen (secondary N) is 2. The second kappa shape index (κ2) is 6.82. The molecule has 0 fully saturated rings. The number of H-pyrrole nitrogens is 1. The third-order valence-corrected chi connectivity index (χ3v) is 3.52. The summed E-state index contributed by atoms with van der Waals surface area (Å²) in [5.41, 5.74) is 1.04. The summed E-state index contributed by atoms with van der Waals surface area (Å²) in [7, 11) is 0. The van der Waals surface area contributed by atoms with Crippen molar-refractivity contribution in [3.05, 3.63) is 54.5 Å². The number of aromatic amines is 1. The van der Waals surface area contributed by atoms with Crippen molar-refractivity contribution in [1.82, 2.24) is 20.6 Å². The Labute approximate surface area is 147 Å². The van der Waals surface area contributed by atoms with Gasteiger partial charge >= 0.3 is 0 Å². The van der Waals surface area contributed by atoms with Gasteiger partial charge in [0.1, 0.15) is 23.1 Å². The summed E-state index contributed by atoms with van der Waals surface area (Å²) in [6, 6.07) is 14.7. The van der Waals surface area contributed by atoms with Crippen LogP contribution in [-0.4, -0.2) is 27.4 Å². The Morgan fingerprint density at radius 1 is 1.15 bits per heavy atom. The maximum Gasteiger partial charge on any atom is 0.231 e. The van der Waals surface area contributed by atoms with Gasteiger partial charge in [-0.05, 0) is 41.6 Å². The highest BCUT2D eigenvalue weighted by atomic mass is 16.7. The molecule has 9 nitrogen and oxygen atoms in total. The molecule has 1 aliphatic heterocycles. The molecular weight excluding hydrogens is 336 g/mol. The fourth-order valence-corrected chi connectivity index (χ4v) is 2.27. The molecule has 128 valence electrons. The molecule has 1 aliphatic rings. The Hall–Kier alpha value is -4.06. The van der Waals surface area contributed by atoms with E-state index in [9.17, 15) is 0 Å². The lowest BCUT2D eigenvalue weighted by atomic mass is 10.2. The van der Waals surface area contributed by atoms with Gasteiger partial charge in [-0.15, -0.1) is 10.2 Å². The van der Waals surface area contributed by atoms with Crippen LogP contribution >= 0.6 is 0 Å². The maximum absolute atomic E-state index is 9.13. The third kappa shape index (κ3) is 3.25. The van der Waals surface area contributed by atoms with Gasteiger partial charge in [0.25, 0.3) is 0 Å². The average molecular weight is 348 g/mol. The van der Waals surface area contributed by atoms with Crippen LogP contribution in [0.2, 0.25) is 0 Å². The second-order valence-corrected chi connectivity index (χ2v) is 5.19. The summed E-state index contributed by atoms with van der Waals surface area (Å²) in [4.78, 5) is 0. The predicted octanol–water partition coefficient (Wildman–Crippen LogP) is 2.70. The zero-order valence-electron chi connectivity index (χ0n) is 13.3. The summed E-state index contributed by atoms with van der Waals surface area (Å²) in [5, 5.41) is 25.4. The van der Waals surface area contributed by atoms with Crippen LogP contribution < -0.4 is 19.5 Å². The number of nitrogens with zero attached hydrogens (tertiary/aromatic N) is 4. The molecule has 1 aromatic heterocycles. The number of fused-ring (bicyclic) bond motifs is 1. The van der Waals surface area contributed by atoms with E-state index in [1.165, 1.54) is 6.20 Å². The quantitative estimate of drug-likeness (QED) is 0.676. The summed E-state index contributed by atoms with van der Waals surface area (Å²) >= 11 is 0. The predicted molar refractivity (Wildman–Crippen MR) is 90.5 cm³/mol. The molecule has 0 saturated heterocycles. The first-order chi connectivity index (χ1) is 12.8. The molecule has 9 heteroatoms. The van der Waals surface area contributed by atoms with Crippen molar-refractivity contribution in [2.45, 2.75) is 0 Å². The van der Waals surface area contributed by atoms with Crippen LogP contribution in [0.4, 0.5) is 5.69 Å². The summed E-state index contributed by atoms with van der Waals surface area (Å²) < 4.78 is 16.4. The van der Waals surface area contributed by atoms with Gasteiger partial charge in [0.05, 0.1) is 0 Å². The number of rotatable bonds is 5. The Kier molecular flexibility index (Phi) is 4.06. The number of aromatic nitrogens is 4. The van der Waals surface area contributed by atoms with Crippen molar-refractivity contribution in [3.63, 3.8) is 0 Å². The molecule has 0 unspecified atom stereocenters. The minimum absolute atomic E-state index is 0.223. The van der Waals surface area contributed by atoms with Crippen molar-refractivity contribution in [2.24, 2.45) is 0 Å². The Morgan fingerprint density at radius 2 is 1.96 bits per heavy atom. The fourth-order valence-electron chi connectivity index (χ4n) is 2.27. The van der Waals surface area contributed by atoms with Crippen molar-refractivity contribution in [3.8, 4) is 29.1 Å². The fraction of sp³-hybridized carbons (Fsp3) is 0.0588. The summed E-state index contributed by atoms with van der Waals surface area (Å²) in [6.45, 7) is 0.223. The standard InChI is InChI=1S/C17H12N6O3/c18-8-11(17-20-22-23-21-17)9-19-12-1-3-13(4-2-12)26-14-5-6-15-16(7-14)25-10-24-15/h1-7,9,19H,10H2,(H,20,21,22,23). The zero-order valence-corrected chi connectivity index (χ0v) is 13.3. The van der Waals surface area contributed by atoms with E-state index in [0.717, 1.165) is 5.69 Å². The lowest BCUT2D eigenvalue weighted by molar-refractivity contribution is 0.174. The topological polar surface area (TPSA) is 118 Å². The molecule has 0 amide bonds. The molecular formula is C17H12N6O3. The van der Waals surface area contributed by atoms with Crippen molar-refractivity contribution >= 4 is 11.3 Å². The number of hydrogen-bond acceptors (Lipinski definition) is 8. The summed E-state index contributed by atoms with van der Waals surface area (Å²) in [5.74, 6) is 2.91. The zero-order chi connectivity index (χ0) is 17.8. The van der Waals surface area contributed by atoms with E-state index in [1.807, 2.05) is 24.3 Å². The van der Waals surface area contributed by atoms with Gasteiger partial charge in [0.15, 0.2) is 11.5 Å². The van der Waals surface area contributed by atoms with Gasteiger partial charge < -0.3 is 19.5 Å². The summed E-state index contributed by atoms with van der Waals surface area (Å²) in [6.07, 6.45) is 1.51. The molecule has 4 rings (SSSR count).